The number of aromatic hydroxyl groups is 2. The maximum absolute atomic E-state index is 10.5. The topological polar surface area (TPSA) is 115 Å². The first-order chi connectivity index (χ1) is 16.7. The molecule has 0 spiro atoms. The van der Waals surface area contributed by atoms with E-state index in [1.165, 1.54) is 42.2 Å². The van der Waals surface area contributed by atoms with Gasteiger partial charge in [-0.05, 0) is 91.8 Å². The Morgan fingerprint density at radius 2 is 1.06 bits per heavy atom. The molecular formula is C29H36O6. The molecule has 0 bridgehead atoms. The summed E-state index contributed by atoms with van der Waals surface area (Å²) in [5, 5.41) is 35.1. The molecule has 3 rings (SSSR count). The van der Waals surface area contributed by atoms with Gasteiger partial charge in [-0.1, -0.05) is 51.0 Å². The average molecular weight is 481 g/mol. The van der Waals surface area contributed by atoms with Crippen LogP contribution in [0.1, 0.15) is 76.9 Å². The Labute approximate surface area is 207 Å². The lowest BCUT2D eigenvalue weighted by Crippen LogP contribution is -1.95. The molecule has 0 amide bonds. The number of hydrogen-bond donors (Lipinski definition) is 4. The Morgan fingerprint density at radius 3 is 1.34 bits per heavy atom. The molecule has 3 aromatic rings. The maximum Gasteiger partial charge on any atom is 0.335 e. The highest BCUT2D eigenvalue weighted by Crippen LogP contribution is 2.20. The fraction of sp³-hybridized carbons (Fsp3) is 0.310. The highest BCUT2D eigenvalue weighted by molar-refractivity contribution is 5.87. The first-order valence-corrected chi connectivity index (χ1v) is 11.8. The third-order valence-corrected chi connectivity index (χ3v) is 5.22. The van der Waals surface area contributed by atoms with Gasteiger partial charge in [0.1, 0.15) is 11.5 Å². The number of rotatable bonds is 8. The molecule has 0 radical (unpaired) electrons. The fourth-order valence-corrected chi connectivity index (χ4v) is 3.03. The van der Waals surface area contributed by atoms with E-state index in [1.54, 1.807) is 31.2 Å². The van der Waals surface area contributed by atoms with Crippen molar-refractivity contribution in [1.29, 1.82) is 0 Å². The van der Waals surface area contributed by atoms with Crippen LogP contribution < -0.4 is 0 Å². The number of hydrogen-bond acceptors (Lipinski definition) is 4. The van der Waals surface area contributed by atoms with E-state index in [0.29, 0.717) is 16.7 Å². The highest BCUT2D eigenvalue weighted by atomic mass is 16.4. The summed E-state index contributed by atoms with van der Waals surface area (Å²) in [4.78, 5) is 21.1. The normalized spacial score (nSPS) is 9.80. The van der Waals surface area contributed by atoms with Crippen molar-refractivity contribution in [3.8, 4) is 11.5 Å². The van der Waals surface area contributed by atoms with Crippen molar-refractivity contribution in [2.75, 3.05) is 0 Å². The predicted molar refractivity (Wildman–Crippen MR) is 139 cm³/mol. The van der Waals surface area contributed by atoms with Gasteiger partial charge in [-0.3, -0.25) is 0 Å². The van der Waals surface area contributed by atoms with Crippen LogP contribution >= 0.6 is 0 Å². The van der Waals surface area contributed by atoms with Gasteiger partial charge in [0.25, 0.3) is 0 Å². The minimum atomic E-state index is -0.859. The van der Waals surface area contributed by atoms with Crippen molar-refractivity contribution in [3.05, 3.63) is 94.5 Å². The quantitative estimate of drug-likeness (QED) is 0.262. The van der Waals surface area contributed by atoms with Crippen LogP contribution in [-0.4, -0.2) is 32.4 Å². The number of carbonyl (C=O) groups is 2. The SMILES string of the molecule is CCCCc1ccc(C(=O)O)cc1.CCCCc1ccc(C(=O)O)cc1.Cc1cc(O)ccc1O. The molecule has 0 atom stereocenters. The molecule has 0 aromatic heterocycles. The summed E-state index contributed by atoms with van der Waals surface area (Å²) in [5.74, 6) is -1.32. The maximum atomic E-state index is 10.5. The summed E-state index contributed by atoms with van der Waals surface area (Å²) in [7, 11) is 0. The molecule has 0 fully saturated rings. The standard InChI is InChI=1S/2C11H14O2.C7H8O2/c2*1-2-3-4-9-5-7-10(8-6-9)11(12)13;1-5-4-6(8)2-3-7(5)9/h2*5-8H,2-4H2,1H3,(H,12,13);2-4,8-9H,1H3. The zero-order chi connectivity index (χ0) is 26.2. The Bertz CT molecular complexity index is 978. The van der Waals surface area contributed by atoms with Crippen LogP contribution in [0.15, 0.2) is 66.7 Å². The molecule has 35 heavy (non-hydrogen) atoms. The third-order valence-electron chi connectivity index (χ3n) is 5.22. The molecule has 0 heterocycles. The minimum Gasteiger partial charge on any atom is -0.508 e. The van der Waals surface area contributed by atoms with E-state index < -0.39 is 11.9 Å². The van der Waals surface area contributed by atoms with Crippen LogP contribution in [0, 0.1) is 6.92 Å². The Hall–Kier alpha value is -3.80. The van der Waals surface area contributed by atoms with E-state index >= 15 is 0 Å². The number of benzene rings is 3. The number of aryl methyl sites for hydroxylation is 3. The Morgan fingerprint density at radius 1 is 0.657 bits per heavy atom. The molecule has 0 aliphatic heterocycles. The van der Waals surface area contributed by atoms with Gasteiger partial charge >= 0.3 is 11.9 Å². The average Bonchev–Trinajstić information content (AvgIpc) is 2.85. The highest BCUT2D eigenvalue weighted by Gasteiger charge is 2.01. The predicted octanol–water partition coefficient (Wildman–Crippen LogP) is 6.86. The Kier molecular flexibility index (Phi) is 13.3. The van der Waals surface area contributed by atoms with Crippen LogP contribution in [-0.2, 0) is 12.8 Å². The van der Waals surface area contributed by atoms with Crippen molar-refractivity contribution in [3.63, 3.8) is 0 Å². The number of aromatic carboxylic acids is 2. The lowest BCUT2D eigenvalue weighted by molar-refractivity contribution is 0.0686. The van der Waals surface area contributed by atoms with Crippen molar-refractivity contribution in [2.45, 2.75) is 59.3 Å². The molecule has 0 saturated carbocycles. The van der Waals surface area contributed by atoms with Crippen LogP contribution in [0.2, 0.25) is 0 Å². The second-order valence-corrected chi connectivity index (χ2v) is 8.18. The number of carboxylic acid groups (broad SMARTS) is 2. The Balaban J connectivity index is 0.000000267. The summed E-state index contributed by atoms with van der Waals surface area (Å²) in [6.07, 6.45) is 6.73. The van der Waals surface area contributed by atoms with Gasteiger partial charge in [0.2, 0.25) is 0 Å². The second-order valence-electron chi connectivity index (χ2n) is 8.18. The molecule has 6 nitrogen and oxygen atoms in total. The van der Waals surface area contributed by atoms with Crippen LogP contribution in [0.25, 0.3) is 0 Å². The van der Waals surface area contributed by atoms with Crippen LogP contribution in [0.4, 0.5) is 0 Å². The van der Waals surface area contributed by atoms with Crippen LogP contribution in [0.3, 0.4) is 0 Å². The molecular weight excluding hydrogens is 444 g/mol. The monoisotopic (exact) mass is 480 g/mol. The summed E-state index contributed by atoms with van der Waals surface area (Å²) in [5.41, 5.74) is 3.84. The van der Waals surface area contributed by atoms with Gasteiger partial charge in [0, 0.05) is 0 Å². The van der Waals surface area contributed by atoms with Gasteiger partial charge in [0.15, 0.2) is 0 Å². The van der Waals surface area contributed by atoms with Crippen molar-refractivity contribution in [1.82, 2.24) is 0 Å². The number of phenols is 2. The molecule has 0 saturated heterocycles. The fourth-order valence-electron chi connectivity index (χ4n) is 3.03. The smallest absolute Gasteiger partial charge is 0.335 e. The number of carboxylic acids is 2. The molecule has 4 N–H and O–H groups in total. The van der Waals surface area contributed by atoms with Gasteiger partial charge in [-0.2, -0.15) is 0 Å². The zero-order valence-corrected chi connectivity index (χ0v) is 20.7. The lowest BCUT2D eigenvalue weighted by atomic mass is 10.1. The molecule has 0 aliphatic carbocycles. The van der Waals surface area contributed by atoms with E-state index in [0.717, 1.165) is 25.7 Å². The van der Waals surface area contributed by atoms with Crippen molar-refractivity contribution < 1.29 is 30.0 Å². The van der Waals surface area contributed by atoms with Crippen molar-refractivity contribution in [2.24, 2.45) is 0 Å². The molecule has 0 aliphatic rings. The van der Waals surface area contributed by atoms with E-state index in [-0.39, 0.29) is 11.5 Å². The molecule has 0 unspecified atom stereocenters. The van der Waals surface area contributed by atoms with Gasteiger partial charge < -0.3 is 20.4 Å². The van der Waals surface area contributed by atoms with E-state index in [2.05, 4.69) is 13.8 Å². The summed E-state index contributed by atoms with van der Waals surface area (Å²) >= 11 is 0. The third kappa shape index (κ3) is 11.8. The largest absolute Gasteiger partial charge is 0.508 e. The molecule has 3 aromatic carbocycles. The summed E-state index contributed by atoms with van der Waals surface area (Å²) in [6.45, 7) is 6.02. The van der Waals surface area contributed by atoms with E-state index in [9.17, 15) is 9.59 Å². The molecule has 188 valence electrons. The van der Waals surface area contributed by atoms with Gasteiger partial charge in [-0.25, -0.2) is 9.59 Å². The zero-order valence-electron chi connectivity index (χ0n) is 20.7. The number of unbranched alkanes of at least 4 members (excludes halogenated alkanes) is 2. The van der Waals surface area contributed by atoms with Gasteiger partial charge in [-0.15, -0.1) is 0 Å². The minimum absolute atomic E-state index is 0.185. The summed E-state index contributed by atoms with van der Waals surface area (Å²) in [6, 6.07) is 18.6. The summed E-state index contributed by atoms with van der Waals surface area (Å²) < 4.78 is 0. The van der Waals surface area contributed by atoms with Gasteiger partial charge in [0.05, 0.1) is 11.1 Å². The van der Waals surface area contributed by atoms with Crippen molar-refractivity contribution >= 4 is 11.9 Å². The second kappa shape index (κ2) is 15.9. The first-order valence-electron chi connectivity index (χ1n) is 11.8. The van der Waals surface area contributed by atoms with E-state index in [1.807, 2.05) is 24.3 Å². The number of phenolic OH excluding ortho intramolecular Hbond substituents is 2. The molecule has 6 heteroatoms. The first kappa shape index (κ1) is 29.2. The van der Waals surface area contributed by atoms with E-state index in [4.69, 9.17) is 20.4 Å². The van der Waals surface area contributed by atoms with Crippen LogP contribution in [0.5, 0.6) is 11.5 Å². The lowest BCUT2D eigenvalue weighted by Gasteiger charge is -1.99.